The fraction of sp³-hybridized carbons (Fsp3) is 0.391. The molecule has 0 saturated carbocycles. The number of aromatic nitrogens is 1. The summed E-state index contributed by atoms with van der Waals surface area (Å²) in [7, 11) is -1.67. The van der Waals surface area contributed by atoms with Crippen LogP contribution in [0.4, 0.5) is 5.69 Å². The van der Waals surface area contributed by atoms with Gasteiger partial charge in [0.1, 0.15) is 0 Å². The molecule has 1 aromatic carbocycles. The van der Waals surface area contributed by atoms with E-state index in [1.54, 1.807) is 18.0 Å². The van der Waals surface area contributed by atoms with Crippen molar-refractivity contribution in [3.05, 3.63) is 63.7 Å². The fourth-order valence-corrected chi connectivity index (χ4v) is 4.90. The van der Waals surface area contributed by atoms with E-state index in [2.05, 4.69) is 31.9 Å². The quantitative estimate of drug-likeness (QED) is 0.567. The van der Waals surface area contributed by atoms with E-state index in [0.29, 0.717) is 0 Å². The average molecular weight is 506 g/mol. The number of piperidine rings is 1. The first-order valence-electron chi connectivity index (χ1n) is 10.3. The van der Waals surface area contributed by atoms with Crippen LogP contribution in [0, 0.1) is 6.92 Å². The van der Waals surface area contributed by atoms with Gasteiger partial charge in [-0.3, -0.25) is 9.78 Å². The van der Waals surface area contributed by atoms with E-state index < -0.39 is 9.84 Å². The molecule has 0 bridgehead atoms. The van der Waals surface area contributed by atoms with Crippen LogP contribution in [0.1, 0.15) is 30.5 Å². The molecule has 1 amide bonds. The third-order valence-corrected chi connectivity index (χ3v) is 7.44. The Morgan fingerprint density at radius 3 is 2.55 bits per heavy atom. The molecule has 0 radical (unpaired) electrons. The number of carbonyl (C=O) groups excluding carboxylic acids is 1. The van der Waals surface area contributed by atoms with Gasteiger partial charge in [-0.2, -0.15) is 0 Å². The summed E-state index contributed by atoms with van der Waals surface area (Å²) in [6.07, 6.45) is 5.09. The van der Waals surface area contributed by atoms with E-state index in [1.165, 1.54) is 5.41 Å². The summed E-state index contributed by atoms with van der Waals surface area (Å²) in [5, 5.41) is 1.19. The summed E-state index contributed by atoms with van der Waals surface area (Å²) in [5.41, 5.74) is 2.94. The van der Waals surface area contributed by atoms with Crippen molar-refractivity contribution >= 4 is 43.4 Å². The van der Waals surface area contributed by atoms with Gasteiger partial charge in [0.15, 0.2) is 9.84 Å². The van der Waals surface area contributed by atoms with Crippen molar-refractivity contribution in [3.8, 4) is 0 Å². The molecule has 0 spiro atoms. The van der Waals surface area contributed by atoms with Crippen molar-refractivity contribution < 1.29 is 13.2 Å². The Balaban J connectivity index is 1.48. The van der Waals surface area contributed by atoms with Gasteiger partial charge in [0, 0.05) is 60.1 Å². The SMILES string of the molecule is Cc1cc(N2CCC(N(C)C(=O)CCS(=O)(=O)/C=C/c3ccc(Br)cc3)CC2)ccn1. The second-order valence-corrected chi connectivity index (χ2v) is 10.8. The van der Waals surface area contributed by atoms with Crippen molar-refractivity contribution in [2.24, 2.45) is 0 Å². The average Bonchev–Trinajstić information content (AvgIpc) is 2.77. The lowest BCUT2D eigenvalue weighted by Crippen LogP contribution is -2.46. The number of sulfone groups is 1. The second kappa shape index (κ2) is 10.4. The molecule has 1 aromatic heterocycles. The zero-order valence-electron chi connectivity index (χ0n) is 17.9. The zero-order valence-corrected chi connectivity index (χ0v) is 20.3. The number of anilines is 1. The van der Waals surface area contributed by atoms with Crippen LogP contribution in [0.15, 0.2) is 52.5 Å². The first-order valence-corrected chi connectivity index (χ1v) is 12.8. The van der Waals surface area contributed by atoms with Crippen molar-refractivity contribution in [1.29, 1.82) is 0 Å². The number of aryl methyl sites for hydroxylation is 1. The van der Waals surface area contributed by atoms with Crippen LogP contribution in [0.2, 0.25) is 0 Å². The monoisotopic (exact) mass is 505 g/mol. The highest BCUT2D eigenvalue weighted by Crippen LogP contribution is 2.22. The number of rotatable bonds is 7. The Hall–Kier alpha value is -2.19. The van der Waals surface area contributed by atoms with Crippen molar-refractivity contribution in [2.45, 2.75) is 32.2 Å². The molecule has 166 valence electrons. The molecule has 1 aliphatic rings. The van der Waals surface area contributed by atoms with E-state index in [0.717, 1.165) is 47.3 Å². The molecule has 3 rings (SSSR count). The van der Waals surface area contributed by atoms with E-state index in [4.69, 9.17) is 0 Å². The van der Waals surface area contributed by atoms with Gasteiger partial charge in [-0.1, -0.05) is 28.1 Å². The second-order valence-electron chi connectivity index (χ2n) is 7.85. The zero-order chi connectivity index (χ0) is 22.4. The molecule has 0 aliphatic carbocycles. The van der Waals surface area contributed by atoms with Gasteiger partial charge >= 0.3 is 0 Å². The molecule has 0 N–H and O–H groups in total. The lowest BCUT2D eigenvalue weighted by Gasteiger charge is -2.38. The van der Waals surface area contributed by atoms with Crippen LogP contribution in [0.3, 0.4) is 0 Å². The van der Waals surface area contributed by atoms with Crippen LogP contribution in [0.5, 0.6) is 0 Å². The van der Waals surface area contributed by atoms with Gasteiger partial charge < -0.3 is 9.80 Å². The minimum atomic E-state index is -3.45. The molecular formula is C23H28BrN3O3S. The lowest BCUT2D eigenvalue weighted by atomic mass is 10.0. The summed E-state index contributed by atoms with van der Waals surface area (Å²) in [4.78, 5) is 20.9. The van der Waals surface area contributed by atoms with Gasteiger partial charge in [0.2, 0.25) is 5.91 Å². The molecule has 6 nitrogen and oxygen atoms in total. The summed E-state index contributed by atoms with van der Waals surface area (Å²) in [5.74, 6) is -0.308. The predicted molar refractivity (Wildman–Crippen MR) is 129 cm³/mol. The van der Waals surface area contributed by atoms with Crippen molar-refractivity contribution in [2.75, 3.05) is 30.8 Å². The summed E-state index contributed by atoms with van der Waals surface area (Å²) >= 11 is 3.35. The Bertz CT molecular complexity index is 1030. The van der Waals surface area contributed by atoms with Gasteiger partial charge in [-0.25, -0.2) is 8.42 Å². The number of hydrogen-bond donors (Lipinski definition) is 0. The highest BCUT2D eigenvalue weighted by molar-refractivity contribution is 9.10. The highest BCUT2D eigenvalue weighted by atomic mass is 79.9. The Morgan fingerprint density at radius 2 is 1.90 bits per heavy atom. The largest absolute Gasteiger partial charge is 0.371 e. The number of pyridine rings is 1. The first kappa shape index (κ1) is 23.5. The lowest BCUT2D eigenvalue weighted by molar-refractivity contribution is -0.131. The maximum absolute atomic E-state index is 12.6. The van der Waals surface area contributed by atoms with Crippen LogP contribution in [-0.2, 0) is 14.6 Å². The van der Waals surface area contributed by atoms with Crippen LogP contribution in [-0.4, -0.2) is 56.1 Å². The number of amides is 1. The molecule has 1 saturated heterocycles. The van der Waals surface area contributed by atoms with Crippen LogP contribution in [0.25, 0.3) is 6.08 Å². The molecule has 31 heavy (non-hydrogen) atoms. The Morgan fingerprint density at radius 1 is 1.23 bits per heavy atom. The van der Waals surface area contributed by atoms with Crippen LogP contribution < -0.4 is 4.90 Å². The minimum Gasteiger partial charge on any atom is -0.371 e. The topological polar surface area (TPSA) is 70.6 Å². The number of nitrogens with zero attached hydrogens (tertiary/aromatic N) is 3. The third-order valence-electron chi connectivity index (χ3n) is 5.59. The molecule has 0 atom stereocenters. The summed E-state index contributed by atoms with van der Waals surface area (Å²) in [6.45, 7) is 3.70. The number of halogens is 1. The first-order chi connectivity index (χ1) is 14.7. The van der Waals surface area contributed by atoms with Gasteiger partial charge in [-0.15, -0.1) is 0 Å². The Labute approximate surface area is 193 Å². The van der Waals surface area contributed by atoms with Crippen LogP contribution >= 0.6 is 15.9 Å². The maximum Gasteiger partial charge on any atom is 0.223 e. The molecule has 0 unspecified atom stereocenters. The van der Waals surface area contributed by atoms with Gasteiger partial charge in [-0.05, 0) is 55.7 Å². The summed E-state index contributed by atoms with van der Waals surface area (Å²) < 4.78 is 25.6. The molecule has 2 aromatic rings. The standard InChI is InChI=1S/C23H28BrN3O3S/c1-18-17-22(7-12-25-18)27-13-8-21(9-14-27)26(2)23(28)11-16-31(29,30)15-10-19-3-5-20(24)6-4-19/h3-7,10,12,15,17,21H,8-9,11,13-14,16H2,1-2H3/b15-10+. The third kappa shape index (κ3) is 6.90. The normalized spacial score (nSPS) is 15.4. The number of hydrogen-bond acceptors (Lipinski definition) is 5. The molecule has 8 heteroatoms. The highest BCUT2D eigenvalue weighted by Gasteiger charge is 2.26. The molecule has 2 heterocycles. The van der Waals surface area contributed by atoms with Gasteiger partial charge in [0.25, 0.3) is 0 Å². The van der Waals surface area contributed by atoms with E-state index in [9.17, 15) is 13.2 Å². The Kier molecular flexibility index (Phi) is 7.89. The van der Waals surface area contributed by atoms with Crippen molar-refractivity contribution in [3.63, 3.8) is 0 Å². The summed E-state index contributed by atoms with van der Waals surface area (Å²) in [6, 6.07) is 11.6. The van der Waals surface area contributed by atoms with Gasteiger partial charge in [0.05, 0.1) is 5.75 Å². The van der Waals surface area contributed by atoms with E-state index in [1.807, 2.05) is 43.5 Å². The molecule has 1 fully saturated rings. The van der Waals surface area contributed by atoms with E-state index in [-0.39, 0.29) is 24.1 Å². The fourth-order valence-electron chi connectivity index (χ4n) is 3.67. The number of carbonyl (C=O) groups is 1. The molecule has 1 aliphatic heterocycles. The smallest absolute Gasteiger partial charge is 0.223 e. The number of benzene rings is 1. The predicted octanol–water partition coefficient (Wildman–Crippen LogP) is 4.06. The maximum atomic E-state index is 12.6. The van der Waals surface area contributed by atoms with E-state index >= 15 is 0 Å². The minimum absolute atomic E-state index is 0.00667. The molecular weight excluding hydrogens is 478 g/mol. The van der Waals surface area contributed by atoms with Crippen molar-refractivity contribution in [1.82, 2.24) is 9.88 Å².